The highest BCUT2D eigenvalue weighted by Gasteiger charge is 2.29. The monoisotopic (exact) mass is 395 g/mol. The van der Waals surface area contributed by atoms with Crippen LogP contribution in [0, 0.1) is 10.1 Å². The summed E-state index contributed by atoms with van der Waals surface area (Å²) in [7, 11) is 0. The predicted octanol–water partition coefficient (Wildman–Crippen LogP) is 2.55. The summed E-state index contributed by atoms with van der Waals surface area (Å²) < 4.78 is 42.8. The smallest absolute Gasteiger partial charge is 0.422 e. The first kappa shape index (κ1) is 19.1. The molecule has 0 fully saturated rings. The van der Waals surface area contributed by atoms with Crippen molar-refractivity contribution >= 4 is 17.2 Å². The molecule has 0 aromatic carbocycles. The van der Waals surface area contributed by atoms with Crippen LogP contribution in [0.25, 0.3) is 5.65 Å². The van der Waals surface area contributed by atoms with Crippen molar-refractivity contribution in [1.29, 1.82) is 0 Å². The van der Waals surface area contributed by atoms with Crippen molar-refractivity contribution in [3.05, 3.63) is 68.8 Å². The van der Waals surface area contributed by atoms with E-state index in [-0.39, 0.29) is 29.5 Å². The second kappa shape index (κ2) is 7.50. The molecule has 28 heavy (non-hydrogen) atoms. The molecule has 0 saturated carbocycles. The van der Waals surface area contributed by atoms with Crippen molar-refractivity contribution < 1.29 is 22.8 Å². The fourth-order valence-corrected chi connectivity index (χ4v) is 2.39. The summed E-state index contributed by atoms with van der Waals surface area (Å²) in [6, 6.07) is 7.51. The van der Waals surface area contributed by atoms with Gasteiger partial charge in [-0.2, -0.15) is 13.2 Å². The Hall–Kier alpha value is -3.70. The number of nitrogens with one attached hydrogen (secondary N) is 1. The third-order valence-corrected chi connectivity index (χ3v) is 3.56. The second-order valence-electron chi connectivity index (χ2n) is 5.53. The van der Waals surface area contributed by atoms with Gasteiger partial charge in [-0.15, -0.1) is 0 Å². The Labute approximate surface area is 154 Å². The van der Waals surface area contributed by atoms with Crippen LogP contribution in [-0.4, -0.2) is 32.1 Å². The molecular weight excluding hydrogens is 383 g/mol. The summed E-state index contributed by atoms with van der Waals surface area (Å²) in [5, 5.41) is 13.9. The first-order valence-electron chi connectivity index (χ1n) is 7.79. The Balaban J connectivity index is 1.91. The number of aromatic nitrogens is 3. The number of ether oxygens (including phenoxy) is 1. The molecule has 3 aromatic heterocycles. The molecule has 0 aliphatic rings. The van der Waals surface area contributed by atoms with Gasteiger partial charge >= 0.3 is 17.4 Å². The number of hydrogen-bond acceptors (Lipinski definition) is 7. The van der Waals surface area contributed by atoms with E-state index in [9.17, 15) is 28.1 Å². The lowest BCUT2D eigenvalue weighted by atomic mass is 10.2. The van der Waals surface area contributed by atoms with Gasteiger partial charge in [0.15, 0.2) is 6.61 Å². The highest BCUT2D eigenvalue weighted by molar-refractivity contribution is 5.60. The van der Waals surface area contributed by atoms with Crippen LogP contribution in [0.3, 0.4) is 0 Å². The van der Waals surface area contributed by atoms with Gasteiger partial charge in [0, 0.05) is 24.5 Å². The Morgan fingerprint density at radius 2 is 2.04 bits per heavy atom. The lowest BCUT2D eigenvalue weighted by Gasteiger charge is -2.13. The third-order valence-electron chi connectivity index (χ3n) is 3.56. The molecule has 9 nitrogen and oxygen atoms in total. The molecule has 3 rings (SSSR count). The zero-order valence-corrected chi connectivity index (χ0v) is 14.0. The van der Waals surface area contributed by atoms with Gasteiger partial charge in [-0.25, -0.2) is 9.97 Å². The van der Waals surface area contributed by atoms with Gasteiger partial charge in [0.1, 0.15) is 5.65 Å². The van der Waals surface area contributed by atoms with Gasteiger partial charge < -0.3 is 10.1 Å². The molecule has 0 unspecified atom stereocenters. The van der Waals surface area contributed by atoms with Crippen molar-refractivity contribution in [2.24, 2.45) is 0 Å². The maximum atomic E-state index is 12.4. The van der Waals surface area contributed by atoms with Crippen LogP contribution in [0.5, 0.6) is 5.88 Å². The van der Waals surface area contributed by atoms with Crippen LogP contribution in [0.4, 0.5) is 24.7 Å². The van der Waals surface area contributed by atoms with Crippen LogP contribution < -0.4 is 15.6 Å². The SMILES string of the molecule is O=c1c([N+](=O)[O-])c(NCc2cccnc2OCC(F)(F)F)nc2ccccn12. The maximum absolute atomic E-state index is 12.4. The summed E-state index contributed by atoms with van der Waals surface area (Å²) >= 11 is 0. The van der Waals surface area contributed by atoms with Gasteiger partial charge in [0.05, 0.1) is 4.92 Å². The minimum absolute atomic E-state index is 0.167. The summed E-state index contributed by atoms with van der Waals surface area (Å²) in [6.45, 7) is -1.73. The Bertz CT molecular complexity index is 1080. The molecular formula is C16H12F3N5O4. The van der Waals surface area contributed by atoms with E-state index in [0.717, 1.165) is 4.40 Å². The van der Waals surface area contributed by atoms with E-state index in [2.05, 4.69) is 20.0 Å². The Morgan fingerprint density at radius 1 is 1.25 bits per heavy atom. The largest absolute Gasteiger partial charge is 0.468 e. The number of nitrogens with zero attached hydrogens (tertiary/aromatic N) is 4. The van der Waals surface area contributed by atoms with Crippen molar-refractivity contribution in [1.82, 2.24) is 14.4 Å². The Morgan fingerprint density at radius 3 is 2.75 bits per heavy atom. The number of alkyl halides is 3. The lowest BCUT2D eigenvalue weighted by Crippen LogP contribution is -2.22. The fraction of sp³-hybridized carbons (Fsp3) is 0.188. The zero-order chi connectivity index (χ0) is 20.3. The number of halogens is 3. The number of rotatable bonds is 6. The molecule has 0 atom stereocenters. The molecule has 3 aromatic rings. The zero-order valence-electron chi connectivity index (χ0n) is 14.0. The van der Waals surface area contributed by atoms with Crippen molar-refractivity contribution in [3.8, 4) is 5.88 Å². The van der Waals surface area contributed by atoms with Crippen molar-refractivity contribution in [3.63, 3.8) is 0 Å². The van der Waals surface area contributed by atoms with Crippen LogP contribution in [0.15, 0.2) is 47.5 Å². The highest BCUT2D eigenvalue weighted by atomic mass is 19.4. The summed E-state index contributed by atoms with van der Waals surface area (Å²) in [6.07, 6.45) is -1.96. The normalized spacial score (nSPS) is 11.4. The second-order valence-corrected chi connectivity index (χ2v) is 5.53. The van der Waals surface area contributed by atoms with Gasteiger partial charge in [0.25, 0.3) is 0 Å². The molecule has 3 heterocycles. The van der Waals surface area contributed by atoms with E-state index in [4.69, 9.17) is 0 Å². The van der Waals surface area contributed by atoms with Gasteiger partial charge in [0.2, 0.25) is 11.7 Å². The first-order chi connectivity index (χ1) is 13.3. The molecule has 12 heteroatoms. The van der Waals surface area contributed by atoms with Gasteiger partial charge in [-0.1, -0.05) is 12.1 Å². The van der Waals surface area contributed by atoms with Crippen molar-refractivity contribution in [2.75, 3.05) is 11.9 Å². The standard InChI is InChI=1S/C16H12F3N5O4/c17-16(18,19)9-28-14-10(4-3-6-20-14)8-21-13-12(24(26)27)15(25)23-7-2-1-5-11(23)22-13/h1-7,21H,8-9H2. The molecule has 0 radical (unpaired) electrons. The average molecular weight is 395 g/mol. The molecule has 146 valence electrons. The van der Waals surface area contributed by atoms with Gasteiger partial charge in [-0.05, 0) is 18.2 Å². The number of nitro groups is 1. The van der Waals surface area contributed by atoms with Crippen LogP contribution in [0.2, 0.25) is 0 Å². The summed E-state index contributed by atoms with van der Waals surface area (Å²) in [5.74, 6) is -0.598. The predicted molar refractivity (Wildman–Crippen MR) is 91.2 cm³/mol. The third kappa shape index (κ3) is 4.16. The fourth-order valence-electron chi connectivity index (χ4n) is 2.39. The van der Waals surface area contributed by atoms with E-state index >= 15 is 0 Å². The minimum Gasteiger partial charge on any atom is -0.468 e. The average Bonchev–Trinajstić information content (AvgIpc) is 2.64. The number of anilines is 1. The van der Waals surface area contributed by atoms with E-state index in [1.54, 1.807) is 6.07 Å². The molecule has 0 aliphatic heterocycles. The van der Waals surface area contributed by atoms with Crippen LogP contribution >= 0.6 is 0 Å². The summed E-state index contributed by atoms with van der Waals surface area (Å²) in [5.41, 5.74) is -1.31. The minimum atomic E-state index is -4.55. The molecule has 0 aliphatic carbocycles. The van der Waals surface area contributed by atoms with Crippen LogP contribution in [0.1, 0.15) is 5.56 Å². The van der Waals surface area contributed by atoms with E-state index in [1.165, 1.54) is 36.7 Å². The maximum Gasteiger partial charge on any atom is 0.422 e. The van der Waals surface area contributed by atoms with E-state index in [0.29, 0.717) is 0 Å². The van der Waals surface area contributed by atoms with E-state index < -0.39 is 29.0 Å². The van der Waals surface area contributed by atoms with Gasteiger partial charge in [-0.3, -0.25) is 19.3 Å². The number of hydrogen-bond donors (Lipinski definition) is 1. The molecule has 1 N–H and O–H groups in total. The molecule has 0 saturated heterocycles. The van der Waals surface area contributed by atoms with Crippen LogP contribution in [-0.2, 0) is 6.54 Å². The molecule has 0 spiro atoms. The Kier molecular flexibility index (Phi) is 5.11. The first-order valence-corrected chi connectivity index (χ1v) is 7.79. The molecule has 0 bridgehead atoms. The van der Waals surface area contributed by atoms with E-state index in [1.807, 2.05) is 0 Å². The van der Waals surface area contributed by atoms with Crippen molar-refractivity contribution in [2.45, 2.75) is 12.7 Å². The molecule has 0 amide bonds. The number of fused-ring (bicyclic) bond motifs is 1. The quantitative estimate of drug-likeness (QED) is 0.504. The lowest BCUT2D eigenvalue weighted by molar-refractivity contribution is -0.385. The topological polar surface area (TPSA) is 112 Å². The number of pyridine rings is 2. The highest BCUT2D eigenvalue weighted by Crippen LogP contribution is 2.23. The summed E-state index contributed by atoms with van der Waals surface area (Å²) in [4.78, 5) is 30.6.